The van der Waals surface area contributed by atoms with Gasteiger partial charge in [0.05, 0.1) is 0 Å². The molecule has 20 heavy (non-hydrogen) atoms. The Bertz CT molecular complexity index is 565. The molecule has 0 radical (unpaired) electrons. The molecule has 0 saturated heterocycles. The highest BCUT2D eigenvalue weighted by Crippen LogP contribution is 2.38. The number of nitrogens with two attached hydrogens (primary N) is 1. The molecule has 2 aromatic rings. The predicted octanol–water partition coefficient (Wildman–Crippen LogP) is 4.45. The first-order chi connectivity index (χ1) is 9.79. The third-order valence-electron chi connectivity index (χ3n) is 5.05. The van der Waals surface area contributed by atoms with Gasteiger partial charge in [0.2, 0.25) is 0 Å². The van der Waals surface area contributed by atoms with Crippen LogP contribution in [0.4, 0.5) is 0 Å². The average Bonchev–Trinajstić information content (AvgIpc) is 2.54. The van der Waals surface area contributed by atoms with E-state index < -0.39 is 0 Å². The number of benzene rings is 1. The van der Waals surface area contributed by atoms with E-state index in [-0.39, 0.29) is 6.04 Å². The molecule has 0 spiro atoms. The number of hydrogen-bond donors (Lipinski definition) is 1. The highest BCUT2D eigenvalue weighted by molar-refractivity contribution is 5.85. The number of nitrogens with zero attached hydrogens (tertiary/aromatic N) is 1. The summed E-state index contributed by atoms with van der Waals surface area (Å²) in [6.45, 7) is 2.31. The van der Waals surface area contributed by atoms with Crippen molar-refractivity contribution >= 4 is 10.8 Å². The molecule has 1 aromatic heterocycles. The molecular weight excluding hydrogens is 244 g/mol. The lowest BCUT2D eigenvalue weighted by molar-refractivity contribution is 0.240. The molecule has 0 bridgehead atoms. The number of aromatic nitrogens is 1. The van der Waals surface area contributed by atoms with Gasteiger partial charge < -0.3 is 5.73 Å². The molecule has 1 saturated carbocycles. The molecule has 1 aliphatic rings. The summed E-state index contributed by atoms with van der Waals surface area (Å²) < 4.78 is 0. The van der Waals surface area contributed by atoms with E-state index in [2.05, 4.69) is 36.2 Å². The van der Waals surface area contributed by atoms with Gasteiger partial charge in [0, 0.05) is 23.8 Å². The maximum atomic E-state index is 6.60. The van der Waals surface area contributed by atoms with Gasteiger partial charge in [0.1, 0.15) is 0 Å². The van der Waals surface area contributed by atoms with Gasteiger partial charge in [-0.25, -0.2) is 0 Å². The van der Waals surface area contributed by atoms with Crippen molar-refractivity contribution in [1.29, 1.82) is 0 Å². The van der Waals surface area contributed by atoms with E-state index in [9.17, 15) is 0 Å². The molecule has 106 valence electrons. The fourth-order valence-electron chi connectivity index (χ4n) is 3.65. The van der Waals surface area contributed by atoms with Gasteiger partial charge in [-0.1, -0.05) is 44.4 Å². The summed E-state index contributed by atoms with van der Waals surface area (Å²) in [5, 5.41) is 2.47. The van der Waals surface area contributed by atoms with Crippen molar-refractivity contribution in [2.45, 2.75) is 45.1 Å². The van der Waals surface area contributed by atoms with Gasteiger partial charge in [-0.15, -0.1) is 0 Å². The first-order valence-electron chi connectivity index (χ1n) is 7.87. The largest absolute Gasteiger partial charge is 0.324 e. The molecule has 1 fully saturated rings. The minimum atomic E-state index is 0.166. The lowest BCUT2D eigenvalue weighted by Gasteiger charge is -2.32. The summed E-state index contributed by atoms with van der Waals surface area (Å²) in [5.41, 5.74) is 7.90. The summed E-state index contributed by atoms with van der Waals surface area (Å²) in [4.78, 5) is 4.21. The Balaban J connectivity index is 1.84. The maximum Gasteiger partial charge on any atom is 0.0346 e. The molecule has 2 N–H and O–H groups in total. The number of hydrogen-bond acceptors (Lipinski definition) is 2. The molecule has 0 aliphatic heterocycles. The number of rotatable bonds is 3. The summed E-state index contributed by atoms with van der Waals surface area (Å²) in [5.74, 6) is 1.56. The topological polar surface area (TPSA) is 38.9 Å². The summed E-state index contributed by atoms with van der Waals surface area (Å²) in [7, 11) is 0. The summed E-state index contributed by atoms with van der Waals surface area (Å²) in [6.07, 6.45) is 10.4. The van der Waals surface area contributed by atoms with E-state index in [0.717, 1.165) is 5.92 Å². The molecule has 1 aromatic carbocycles. The molecule has 0 amide bonds. The lowest BCUT2D eigenvalue weighted by Crippen LogP contribution is -2.26. The van der Waals surface area contributed by atoms with Crippen LogP contribution in [-0.4, -0.2) is 4.98 Å². The van der Waals surface area contributed by atoms with Crippen LogP contribution in [0, 0.1) is 11.8 Å². The molecule has 1 atom stereocenters. The smallest absolute Gasteiger partial charge is 0.0346 e. The molecule has 3 rings (SSSR count). The number of fused-ring (bicyclic) bond motifs is 1. The average molecular weight is 268 g/mol. The van der Waals surface area contributed by atoms with Crippen molar-refractivity contribution in [3.63, 3.8) is 0 Å². The maximum absolute atomic E-state index is 6.60. The minimum Gasteiger partial charge on any atom is -0.324 e. The van der Waals surface area contributed by atoms with Crippen molar-refractivity contribution in [2.24, 2.45) is 17.6 Å². The Labute approximate surface area is 121 Å². The predicted molar refractivity (Wildman–Crippen MR) is 84.4 cm³/mol. The van der Waals surface area contributed by atoms with E-state index in [1.54, 1.807) is 0 Å². The van der Waals surface area contributed by atoms with E-state index >= 15 is 0 Å². The standard InChI is InChI=1S/C18H24N2/c1-2-13-6-8-14(9-7-13)18(19)17-5-3-4-15-12-20-11-10-16(15)17/h3-5,10-14,18H,2,6-9,19H2,1H3. The Kier molecular flexibility index (Phi) is 4.02. The normalized spacial score (nSPS) is 24.7. The van der Waals surface area contributed by atoms with Crippen LogP contribution < -0.4 is 5.73 Å². The third-order valence-corrected chi connectivity index (χ3v) is 5.05. The zero-order valence-corrected chi connectivity index (χ0v) is 12.3. The van der Waals surface area contributed by atoms with E-state index in [0.29, 0.717) is 5.92 Å². The van der Waals surface area contributed by atoms with Gasteiger partial charge in [0.25, 0.3) is 0 Å². The van der Waals surface area contributed by atoms with Crippen molar-refractivity contribution in [3.8, 4) is 0 Å². The molecular formula is C18H24N2. The quantitative estimate of drug-likeness (QED) is 0.893. The second kappa shape index (κ2) is 5.92. The summed E-state index contributed by atoms with van der Waals surface area (Å²) in [6, 6.07) is 8.68. The molecule has 1 heterocycles. The first kappa shape index (κ1) is 13.6. The van der Waals surface area contributed by atoms with Gasteiger partial charge in [0.15, 0.2) is 0 Å². The van der Waals surface area contributed by atoms with Crippen molar-refractivity contribution in [1.82, 2.24) is 4.98 Å². The molecule has 2 nitrogen and oxygen atoms in total. The zero-order chi connectivity index (χ0) is 13.9. The van der Waals surface area contributed by atoms with Gasteiger partial charge >= 0.3 is 0 Å². The zero-order valence-electron chi connectivity index (χ0n) is 12.3. The third kappa shape index (κ3) is 2.57. The van der Waals surface area contributed by atoms with E-state index in [4.69, 9.17) is 5.73 Å². The fraction of sp³-hybridized carbons (Fsp3) is 0.500. The second-order valence-corrected chi connectivity index (χ2v) is 6.16. The highest BCUT2D eigenvalue weighted by atomic mass is 14.7. The molecule has 1 aliphatic carbocycles. The SMILES string of the molecule is CCC1CCC(C(N)c2cccc3cnccc23)CC1. The van der Waals surface area contributed by atoms with Crippen LogP contribution in [0.1, 0.15) is 50.6 Å². The van der Waals surface area contributed by atoms with Crippen molar-refractivity contribution < 1.29 is 0 Å². The van der Waals surface area contributed by atoms with Crippen LogP contribution in [0.2, 0.25) is 0 Å². The van der Waals surface area contributed by atoms with Gasteiger partial charge in [-0.05, 0) is 41.7 Å². The van der Waals surface area contributed by atoms with Crippen LogP contribution in [0.3, 0.4) is 0 Å². The van der Waals surface area contributed by atoms with Crippen molar-refractivity contribution in [3.05, 3.63) is 42.2 Å². The Hall–Kier alpha value is -1.41. The van der Waals surface area contributed by atoms with Gasteiger partial charge in [-0.3, -0.25) is 4.98 Å². The van der Waals surface area contributed by atoms with Crippen LogP contribution in [-0.2, 0) is 0 Å². The van der Waals surface area contributed by atoms with Gasteiger partial charge in [-0.2, -0.15) is 0 Å². The Morgan fingerprint density at radius 1 is 1.20 bits per heavy atom. The van der Waals surface area contributed by atoms with Crippen LogP contribution >= 0.6 is 0 Å². The van der Waals surface area contributed by atoms with Crippen molar-refractivity contribution in [2.75, 3.05) is 0 Å². The summed E-state index contributed by atoms with van der Waals surface area (Å²) >= 11 is 0. The first-order valence-corrected chi connectivity index (χ1v) is 7.87. The minimum absolute atomic E-state index is 0.166. The Morgan fingerprint density at radius 3 is 2.75 bits per heavy atom. The number of pyridine rings is 1. The molecule has 1 unspecified atom stereocenters. The monoisotopic (exact) mass is 268 g/mol. The van der Waals surface area contributed by atoms with E-state index in [1.165, 1.54) is 48.4 Å². The lowest BCUT2D eigenvalue weighted by atomic mass is 9.76. The van der Waals surface area contributed by atoms with Crippen LogP contribution in [0.5, 0.6) is 0 Å². The van der Waals surface area contributed by atoms with Crippen LogP contribution in [0.25, 0.3) is 10.8 Å². The molecule has 2 heteroatoms. The highest BCUT2D eigenvalue weighted by Gasteiger charge is 2.26. The second-order valence-electron chi connectivity index (χ2n) is 6.16. The van der Waals surface area contributed by atoms with E-state index in [1.807, 2.05) is 12.4 Å². The van der Waals surface area contributed by atoms with Crippen LogP contribution in [0.15, 0.2) is 36.7 Å². The Morgan fingerprint density at radius 2 is 2.00 bits per heavy atom. The fourth-order valence-corrected chi connectivity index (χ4v) is 3.65.